The van der Waals surface area contributed by atoms with Crippen LogP contribution >= 0.6 is 0 Å². The maximum absolute atomic E-state index is 12.4. The van der Waals surface area contributed by atoms with Gasteiger partial charge < -0.3 is 4.90 Å². The average molecular weight is 197 g/mol. The van der Waals surface area contributed by atoms with Crippen LogP contribution in [0.15, 0.2) is 24.3 Å². The molecule has 0 aliphatic heterocycles. The first-order valence-corrected chi connectivity index (χ1v) is 3.93. The first-order valence-electron chi connectivity index (χ1n) is 3.93. The van der Waals surface area contributed by atoms with Crippen LogP contribution in [-0.4, -0.2) is 31.7 Å². The Labute approximate surface area is 82.1 Å². The summed E-state index contributed by atoms with van der Waals surface area (Å²) in [4.78, 5) is 20.9. The van der Waals surface area contributed by atoms with Gasteiger partial charge in [0.05, 0.1) is 5.56 Å². The summed E-state index contributed by atoms with van der Waals surface area (Å²) in [5, 5.41) is 0. The SMILES string of the molecule is CN(C)C=O.O=Cc1ccccc1F. The number of aldehydes is 1. The fourth-order valence-electron chi connectivity index (χ4n) is 0.571. The highest BCUT2D eigenvalue weighted by Crippen LogP contribution is 2.01. The minimum Gasteiger partial charge on any atom is -0.351 e. The van der Waals surface area contributed by atoms with Crippen LogP contribution in [0.4, 0.5) is 4.39 Å². The lowest BCUT2D eigenvalue weighted by atomic mass is 10.2. The fourth-order valence-corrected chi connectivity index (χ4v) is 0.571. The maximum atomic E-state index is 12.4. The predicted molar refractivity (Wildman–Crippen MR) is 51.5 cm³/mol. The first kappa shape index (κ1) is 12.3. The number of nitrogens with zero attached hydrogens (tertiary/aromatic N) is 1. The van der Waals surface area contributed by atoms with Crippen LogP contribution in [0.5, 0.6) is 0 Å². The van der Waals surface area contributed by atoms with Crippen molar-refractivity contribution in [1.29, 1.82) is 0 Å². The molecule has 0 atom stereocenters. The molecule has 3 nitrogen and oxygen atoms in total. The molecular formula is C10H12FNO2. The molecule has 0 heterocycles. The largest absolute Gasteiger partial charge is 0.351 e. The molecule has 0 unspecified atom stereocenters. The van der Waals surface area contributed by atoms with Gasteiger partial charge >= 0.3 is 0 Å². The van der Waals surface area contributed by atoms with E-state index >= 15 is 0 Å². The molecule has 0 saturated carbocycles. The first-order chi connectivity index (χ1) is 6.61. The van der Waals surface area contributed by atoms with Crippen molar-refractivity contribution in [3.63, 3.8) is 0 Å². The topological polar surface area (TPSA) is 37.4 Å². The van der Waals surface area contributed by atoms with Crippen LogP contribution < -0.4 is 0 Å². The molecule has 1 aromatic rings. The Balaban J connectivity index is 0.000000292. The van der Waals surface area contributed by atoms with Crippen molar-refractivity contribution in [2.24, 2.45) is 0 Å². The molecule has 0 spiro atoms. The molecule has 0 N–H and O–H groups in total. The van der Waals surface area contributed by atoms with Crippen molar-refractivity contribution in [2.45, 2.75) is 0 Å². The summed E-state index contributed by atoms with van der Waals surface area (Å²) in [5.41, 5.74) is 0.109. The quantitative estimate of drug-likeness (QED) is 0.671. The molecule has 0 aromatic heterocycles. The van der Waals surface area contributed by atoms with Crippen LogP contribution in [0, 0.1) is 5.82 Å². The van der Waals surface area contributed by atoms with Crippen molar-refractivity contribution >= 4 is 12.7 Å². The number of carbonyl (C=O) groups excluding carboxylic acids is 2. The van der Waals surface area contributed by atoms with Gasteiger partial charge in [-0.05, 0) is 12.1 Å². The van der Waals surface area contributed by atoms with Crippen molar-refractivity contribution in [2.75, 3.05) is 14.1 Å². The van der Waals surface area contributed by atoms with E-state index in [-0.39, 0.29) is 5.56 Å². The Hall–Kier alpha value is -1.71. The van der Waals surface area contributed by atoms with Crippen LogP contribution in [-0.2, 0) is 4.79 Å². The smallest absolute Gasteiger partial charge is 0.209 e. The molecule has 1 rings (SSSR count). The molecule has 76 valence electrons. The molecule has 1 aromatic carbocycles. The monoisotopic (exact) mass is 197 g/mol. The lowest BCUT2D eigenvalue weighted by Gasteiger charge is -1.93. The van der Waals surface area contributed by atoms with E-state index < -0.39 is 5.82 Å². The summed E-state index contributed by atoms with van der Waals surface area (Å²) in [7, 11) is 3.38. The minimum atomic E-state index is -0.465. The third kappa shape index (κ3) is 5.03. The number of hydrogen-bond acceptors (Lipinski definition) is 2. The molecule has 1 amide bonds. The van der Waals surface area contributed by atoms with Gasteiger partial charge in [-0.1, -0.05) is 12.1 Å². The Morgan fingerprint density at radius 1 is 1.21 bits per heavy atom. The van der Waals surface area contributed by atoms with Gasteiger partial charge in [-0.3, -0.25) is 9.59 Å². The van der Waals surface area contributed by atoms with E-state index in [1.165, 1.54) is 17.0 Å². The van der Waals surface area contributed by atoms with Crippen molar-refractivity contribution < 1.29 is 14.0 Å². The van der Waals surface area contributed by atoms with Crippen molar-refractivity contribution in [3.05, 3.63) is 35.6 Å². The second-order valence-electron chi connectivity index (χ2n) is 2.71. The Kier molecular flexibility index (Phi) is 5.94. The minimum absolute atomic E-state index is 0.109. The van der Waals surface area contributed by atoms with Crippen LogP contribution in [0.25, 0.3) is 0 Å². The van der Waals surface area contributed by atoms with Gasteiger partial charge in [0.2, 0.25) is 6.41 Å². The highest BCUT2D eigenvalue weighted by atomic mass is 19.1. The van der Waals surface area contributed by atoms with E-state index in [0.717, 1.165) is 6.41 Å². The van der Waals surface area contributed by atoms with Gasteiger partial charge in [0, 0.05) is 14.1 Å². The van der Waals surface area contributed by atoms with Crippen LogP contribution in [0.3, 0.4) is 0 Å². The fraction of sp³-hybridized carbons (Fsp3) is 0.200. The summed E-state index contributed by atoms with van der Waals surface area (Å²) in [6.45, 7) is 0. The number of rotatable bonds is 2. The molecule has 0 bridgehead atoms. The second kappa shape index (κ2) is 6.77. The van der Waals surface area contributed by atoms with E-state index in [4.69, 9.17) is 0 Å². The van der Waals surface area contributed by atoms with E-state index in [1.807, 2.05) is 0 Å². The third-order valence-electron chi connectivity index (χ3n) is 1.24. The van der Waals surface area contributed by atoms with Gasteiger partial charge in [0.15, 0.2) is 6.29 Å². The highest BCUT2D eigenvalue weighted by Gasteiger charge is 1.94. The molecule has 0 aliphatic rings. The summed E-state index contributed by atoms with van der Waals surface area (Å²) in [5.74, 6) is -0.465. The Bertz CT molecular complexity index is 300. The summed E-state index contributed by atoms with van der Waals surface area (Å²) in [6.07, 6.45) is 1.25. The number of benzene rings is 1. The third-order valence-corrected chi connectivity index (χ3v) is 1.24. The zero-order chi connectivity index (χ0) is 11.0. The van der Waals surface area contributed by atoms with Gasteiger partial charge in [0.1, 0.15) is 5.82 Å². The van der Waals surface area contributed by atoms with Gasteiger partial charge in [-0.2, -0.15) is 0 Å². The molecule has 0 aliphatic carbocycles. The molecule has 0 fully saturated rings. The lowest BCUT2D eigenvalue weighted by Crippen LogP contribution is -2.06. The molecule has 0 saturated heterocycles. The molecule has 0 radical (unpaired) electrons. The molecular weight excluding hydrogens is 185 g/mol. The van der Waals surface area contributed by atoms with E-state index in [9.17, 15) is 14.0 Å². The van der Waals surface area contributed by atoms with Crippen molar-refractivity contribution in [1.82, 2.24) is 4.90 Å². The van der Waals surface area contributed by atoms with Crippen LogP contribution in [0.2, 0.25) is 0 Å². The number of amides is 1. The van der Waals surface area contributed by atoms with Crippen molar-refractivity contribution in [3.8, 4) is 0 Å². The predicted octanol–water partition coefficient (Wildman–Crippen LogP) is 1.34. The summed E-state index contributed by atoms with van der Waals surface area (Å²) >= 11 is 0. The van der Waals surface area contributed by atoms with Gasteiger partial charge in [-0.25, -0.2) is 4.39 Å². The van der Waals surface area contributed by atoms with E-state index in [0.29, 0.717) is 6.29 Å². The molecule has 4 heteroatoms. The van der Waals surface area contributed by atoms with Gasteiger partial charge in [0.25, 0.3) is 0 Å². The standard InChI is InChI=1S/C7H5FO.C3H7NO/c8-7-4-2-1-3-6(7)5-9;1-4(2)3-5/h1-5H;3H,1-2H3. The zero-order valence-corrected chi connectivity index (χ0v) is 8.11. The lowest BCUT2D eigenvalue weighted by molar-refractivity contribution is -0.115. The van der Waals surface area contributed by atoms with E-state index in [2.05, 4.69) is 0 Å². The molecule has 14 heavy (non-hydrogen) atoms. The second-order valence-corrected chi connectivity index (χ2v) is 2.71. The normalized spacial score (nSPS) is 8.21. The highest BCUT2D eigenvalue weighted by molar-refractivity contribution is 5.74. The Morgan fingerprint density at radius 2 is 1.71 bits per heavy atom. The number of hydrogen-bond donors (Lipinski definition) is 0. The number of carbonyl (C=O) groups is 2. The zero-order valence-electron chi connectivity index (χ0n) is 8.11. The Morgan fingerprint density at radius 3 is 2.00 bits per heavy atom. The van der Waals surface area contributed by atoms with Gasteiger partial charge in [-0.15, -0.1) is 0 Å². The number of halogens is 1. The van der Waals surface area contributed by atoms with E-state index in [1.54, 1.807) is 26.2 Å². The summed E-state index contributed by atoms with van der Waals surface area (Å²) < 4.78 is 12.4. The summed E-state index contributed by atoms with van der Waals surface area (Å²) in [6, 6.07) is 5.85. The van der Waals surface area contributed by atoms with Crippen LogP contribution in [0.1, 0.15) is 10.4 Å². The maximum Gasteiger partial charge on any atom is 0.209 e. The average Bonchev–Trinajstić information content (AvgIpc) is 2.19.